The van der Waals surface area contributed by atoms with E-state index in [1.807, 2.05) is 18.0 Å². The fraction of sp³-hybridized carbons (Fsp3) is 0.714. The van der Waals surface area contributed by atoms with Crippen LogP contribution < -0.4 is 0 Å². The SMILES string of the molecule is CCc1cc(C(=O)N2CCCN(CCBr)CC2)n(C)n1. The number of rotatable bonds is 4. The van der Waals surface area contributed by atoms with Crippen molar-refractivity contribution >= 4 is 21.8 Å². The van der Waals surface area contributed by atoms with Gasteiger partial charge in [-0.05, 0) is 25.5 Å². The molecule has 20 heavy (non-hydrogen) atoms. The van der Waals surface area contributed by atoms with Crippen LogP contribution in [0.1, 0.15) is 29.5 Å². The molecule has 0 bridgehead atoms. The summed E-state index contributed by atoms with van der Waals surface area (Å²) >= 11 is 3.48. The molecule has 6 heteroatoms. The van der Waals surface area contributed by atoms with Crippen molar-refractivity contribution in [3.8, 4) is 0 Å². The van der Waals surface area contributed by atoms with Gasteiger partial charge in [-0.25, -0.2) is 0 Å². The molecular formula is C14H23BrN4O. The summed E-state index contributed by atoms with van der Waals surface area (Å²) in [5.41, 5.74) is 1.68. The Morgan fingerprint density at radius 2 is 2.15 bits per heavy atom. The minimum Gasteiger partial charge on any atom is -0.336 e. The Labute approximate surface area is 129 Å². The molecule has 0 N–H and O–H groups in total. The standard InChI is InChI=1S/C14H23BrN4O/c1-3-12-11-13(17(2)16-12)14(20)19-7-4-6-18(8-5-15)9-10-19/h11H,3-10H2,1-2H3. The lowest BCUT2D eigenvalue weighted by molar-refractivity contribution is 0.0751. The molecule has 1 amide bonds. The van der Waals surface area contributed by atoms with Gasteiger partial charge in [0.15, 0.2) is 0 Å². The largest absolute Gasteiger partial charge is 0.336 e. The minimum absolute atomic E-state index is 0.111. The van der Waals surface area contributed by atoms with Crippen molar-refractivity contribution in [3.05, 3.63) is 17.5 Å². The molecule has 0 spiro atoms. The van der Waals surface area contributed by atoms with E-state index in [1.54, 1.807) is 4.68 Å². The summed E-state index contributed by atoms with van der Waals surface area (Å²) in [5.74, 6) is 0.111. The maximum Gasteiger partial charge on any atom is 0.272 e. The average Bonchev–Trinajstić information content (AvgIpc) is 2.67. The first kappa shape index (κ1) is 15.5. The molecule has 1 saturated heterocycles. The third-order valence-electron chi connectivity index (χ3n) is 3.79. The molecule has 0 saturated carbocycles. The van der Waals surface area contributed by atoms with Crippen molar-refractivity contribution in [2.45, 2.75) is 19.8 Å². The van der Waals surface area contributed by atoms with E-state index in [1.165, 1.54) is 0 Å². The van der Waals surface area contributed by atoms with Crippen molar-refractivity contribution in [1.29, 1.82) is 0 Å². The smallest absolute Gasteiger partial charge is 0.272 e. The number of hydrogen-bond donors (Lipinski definition) is 0. The monoisotopic (exact) mass is 342 g/mol. The second kappa shape index (κ2) is 7.22. The van der Waals surface area contributed by atoms with E-state index in [-0.39, 0.29) is 5.91 Å². The molecule has 5 nitrogen and oxygen atoms in total. The minimum atomic E-state index is 0.111. The normalized spacial score (nSPS) is 17.2. The molecule has 0 unspecified atom stereocenters. The Morgan fingerprint density at radius 1 is 1.35 bits per heavy atom. The fourth-order valence-electron chi connectivity index (χ4n) is 2.58. The van der Waals surface area contributed by atoms with Crippen LogP contribution in [0.25, 0.3) is 0 Å². The quantitative estimate of drug-likeness (QED) is 0.779. The predicted octanol–water partition coefficient (Wildman–Crippen LogP) is 1.53. The summed E-state index contributed by atoms with van der Waals surface area (Å²) in [5, 5.41) is 5.35. The first-order chi connectivity index (χ1) is 9.65. The maximum atomic E-state index is 12.6. The van der Waals surface area contributed by atoms with Gasteiger partial charge in [0.25, 0.3) is 5.91 Å². The highest BCUT2D eigenvalue weighted by molar-refractivity contribution is 9.09. The van der Waals surface area contributed by atoms with E-state index in [9.17, 15) is 4.79 Å². The van der Waals surface area contributed by atoms with Crippen LogP contribution in [0.15, 0.2) is 6.07 Å². The molecule has 112 valence electrons. The van der Waals surface area contributed by atoms with Gasteiger partial charge in [-0.1, -0.05) is 22.9 Å². The molecule has 1 aliphatic heterocycles. The summed E-state index contributed by atoms with van der Waals surface area (Å²) < 4.78 is 1.71. The molecule has 1 aromatic heterocycles. The highest BCUT2D eigenvalue weighted by Gasteiger charge is 2.22. The topological polar surface area (TPSA) is 41.4 Å². The average molecular weight is 343 g/mol. The summed E-state index contributed by atoms with van der Waals surface area (Å²) in [6.07, 6.45) is 1.90. The molecule has 2 heterocycles. The van der Waals surface area contributed by atoms with Gasteiger partial charge in [-0.15, -0.1) is 0 Å². The van der Waals surface area contributed by atoms with Gasteiger partial charge in [0.05, 0.1) is 5.69 Å². The van der Waals surface area contributed by atoms with Crippen LogP contribution >= 0.6 is 15.9 Å². The third kappa shape index (κ3) is 3.61. The van der Waals surface area contributed by atoms with Crippen molar-refractivity contribution in [3.63, 3.8) is 0 Å². The molecule has 1 aliphatic rings. The highest BCUT2D eigenvalue weighted by Crippen LogP contribution is 2.11. The molecule has 2 rings (SSSR count). The van der Waals surface area contributed by atoms with E-state index in [0.29, 0.717) is 5.69 Å². The lowest BCUT2D eigenvalue weighted by Crippen LogP contribution is -2.36. The Hall–Kier alpha value is -0.880. The number of halogens is 1. The maximum absolute atomic E-state index is 12.6. The number of nitrogens with zero attached hydrogens (tertiary/aromatic N) is 4. The first-order valence-electron chi connectivity index (χ1n) is 7.26. The number of hydrogen-bond acceptors (Lipinski definition) is 3. The lowest BCUT2D eigenvalue weighted by atomic mass is 10.2. The molecule has 0 radical (unpaired) electrons. The summed E-state index contributed by atoms with van der Waals surface area (Å²) in [6, 6.07) is 1.92. The molecule has 1 aromatic rings. The van der Waals surface area contributed by atoms with Gasteiger partial charge in [0, 0.05) is 38.6 Å². The number of alkyl halides is 1. The fourth-order valence-corrected chi connectivity index (χ4v) is 3.08. The van der Waals surface area contributed by atoms with Crippen LogP contribution in [0.5, 0.6) is 0 Å². The van der Waals surface area contributed by atoms with E-state index >= 15 is 0 Å². The molecule has 0 atom stereocenters. The van der Waals surface area contributed by atoms with Crippen LogP contribution in [0, 0.1) is 0 Å². The summed E-state index contributed by atoms with van der Waals surface area (Å²) in [6.45, 7) is 6.77. The lowest BCUT2D eigenvalue weighted by Gasteiger charge is -2.21. The van der Waals surface area contributed by atoms with E-state index in [0.717, 1.165) is 56.6 Å². The molecule has 0 aromatic carbocycles. The zero-order valence-corrected chi connectivity index (χ0v) is 13.9. The van der Waals surface area contributed by atoms with E-state index in [4.69, 9.17) is 0 Å². The Kier molecular flexibility index (Phi) is 5.60. The van der Waals surface area contributed by atoms with Gasteiger partial charge >= 0.3 is 0 Å². The van der Waals surface area contributed by atoms with E-state index < -0.39 is 0 Å². The van der Waals surface area contributed by atoms with Gasteiger partial charge in [-0.2, -0.15) is 5.10 Å². The zero-order valence-electron chi connectivity index (χ0n) is 12.3. The van der Waals surface area contributed by atoms with Crippen molar-refractivity contribution < 1.29 is 4.79 Å². The Morgan fingerprint density at radius 3 is 2.80 bits per heavy atom. The summed E-state index contributed by atoms with van der Waals surface area (Å²) in [4.78, 5) is 17.0. The van der Waals surface area contributed by atoms with Gasteiger partial charge in [-0.3, -0.25) is 9.48 Å². The highest BCUT2D eigenvalue weighted by atomic mass is 79.9. The molecule has 1 fully saturated rings. The van der Waals surface area contributed by atoms with Gasteiger partial charge < -0.3 is 9.80 Å². The van der Waals surface area contributed by atoms with Gasteiger partial charge in [0.1, 0.15) is 5.69 Å². The zero-order chi connectivity index (χ0) is 14.5. The number of aromatic nitrogens is 2. The van der Waals surface area contributed by atoms with Crippen LogP contribution in [0.2, 0.25) is 0 Å². The number of amides is 1. The Bertz CT molecular complexity index is 460. The van der Waals surface area contributed by atoms with Crippen molar-refractivity contribution in [2.75, 3.05) is 38.1 Å². The number of aryl methyl sites for hydroxylation is 2. The van der Waals surface area contributed by atoms with Crippen molar-refractivity contribution in [1.82, 2.24) is 19.6 Å². The van der Waals surface area contributed by atoms with Crippen LogP contribution in [0.3, 0.4) is 0 Å². The Balaban J connectivity index is 2.03. The predicted molar refractivity (Wildman–Crippen MR) is 83.3 cm³/mol. The van der Waals surface area contributed by atoms with E-state index in [2.05, 4.69) is 32.9 Å². The van der Waals surface area contributed by atoms with Crippen LogP contribution in [-0.4, -0.2) is 63.5 Å². The second-order valence-corrected chi connectivity index (χ2v) is 5.97. The number of carbonyl (C=O) groups is 1. The van der Waals surface area contributed by atoms with Gasteiger partial charge in [0.2, 0.25) is 0 Å². The second-order valence-electron chi connectivity index (χ2n) is 5.17. The van der Waals surface area contributed by atoms with Crippen LogP contribution in [-0.2, 0) is 13.5 Å². The first-order valence-corrected chi connectivity index (χ1v) is 8.38. The number of carbonyl (C=O) groups excluding carboxylic acids is 1. The van der Waals surface area contributed by atoms with Crippen LogP contribution in [0.4, 0.5) is 0 Å². The van der Waals surface area contributed by atoms with Crippen molar-refractivity contribution in [2.24, 2.45) is 7.05 Å². The summed E-state index contributed by atoms with van der Waals surface area (Å²) in [7, 11) is 1.85. The third-order valence-corrected chi connectivity index (χ3v) is 4.14. The molecular weight excluding hydrogens is 320 g/mol. The molecule has 0 aliphatic carbocycles.